The molecule has 124 valence electrons. The van der Waals surface area contributed by atoms with Gasteiger partial charge in [-0.1, -0.05) is 30.4 Å². The number of aromatic nitrogens is 1. The lowest BCUT2D eigenvalue weighted by Gasteiger charge is -2.36. The van der Waals surface area contributed by atoms with Crippen LogP contribution in [0, 0.1) is 5.82 Å². The third-order valence-electron chi connectivity index (χ3n) is 4.61. The summed E-state index contributed by atoms with van der Waals surface area (Å²) in [7, 11) is 0. The monoisotopic (exact) mass is 341 g/mol. The first kappa shape index (κ1) is 15.4. The molecule has 1 saturated heterocycles. The Morgan fingerprint density at radius 1 is 1.00 bits per heavy atom. The van der Waals surface area contributed by atoms with E-state index in [0.29, 0.717) is 0 Å². The zero-order chi connectivity index (χ0) is 16.5. The molecule has 2 aromatic carbocycles. The summed E-state index contributed by atoms with van der Waals surface area (Å²) in [6.07, 6.45) is 1.01. The van der Waals surface area contributed by atoms with Crippen LogP contribution in [0.25, 0.3) is 10.2 Å². The minimum atomic E-state index is -0.182. The fourth-order valence-electron chi connectivity index (χ4n) is 3.22. The van der Waals surface area contributed by atoms with Crippen molar-refractivity contribution in [2.45, 2.75) is 13.3 Å². The number of piperazine rings is 1. The molecule has 1 aliphatic rings. The zero-order valence-corrected chi connectivity index (χ0v) is 14.5. The van der Waals surface area contributed by atoms with E-state index < -0.39 is 0 Å². The van der Waals surface area contributed by atoms with Crippen LogP contribution in [0.3, 0.4) is 0 Å². The second-order valence-electron chi connectivity index (χ2n) is 6.06. The topological polar surface area (TPSA) is 19.4 Å². The predicted octanol–water partition coefficient (Wildman–Crippen LogP) is 4.32. The van der Waals surface area contributed by atoms with Crippen LogP contribution in [0.15, 0.2) is 42.5 Å². The molecule has 0 spiro atoms. The summed E-state index contributed by atoms with van der Waals surface area (Å²) in [5.41, 5.74) is 3.56. The summed E-state index contributed by atoms with van der Waals surface area (Å²) < 4.78 is 14.3. The Morgan fingerprint density at radius 3 is 2.42 bits per heavy atom. The molecular weight excluding hydrogens is 321 g/mol. The van der Waals surface area contributed by atoms with Gasteiger partial charge in [-0.05, 0) is 42.3 Å². The number of hydrogen-bond acceptors (Lipinski definition) is 4. The van der Waals surface area contributed by atoms with Gasteiger partial charge in [0.2, 0.25) is 0 Å². The maximum absolute atomic E-state index is 13.1. The van der Waals surface area contributed by atoms with Crippen molar-refractivity contribution in [2.24, 2.45) is 0 Å². The van der Waals surface area contributed by atoms with Gasteiger partial charge in [0.1, 0.15) is 5.82 Å². The molecular formula is C19H20FN3S. The molecule has 3 aromatic rings. The largest absolute Gasteiger partial charge is 0.368 e. The van der Waals surface area contributed by atoms with Crippen LogP contribution < -0.4 is 9.80 Å². The molecule has 5 heteroatoms. The van der Waals surface area contributed by atoms with Crippen LogP contribution in [0.1, 0.15) is 12.5 Å². The fraction of sp³-hybridized carbons (Fsp3) is 0.316. The molecule has 4 rings (SSSR count). The van der Waals surface area contributed by atoms with Gasteiger partial charge in [0, 0.05) is 31.9 Å². The van der Waals surface area contributed by atoms with E-state index in [0.717, 1.165) is 48.9 Å². The van der Waals surface area contributed by atoms with Gasteiger partial charge in [-0.3, -0.25) is 0 Å². The third kappa shape index (κ3) is 2.84. The number of halogens is 1. The normalized spacial score (nSPS) is 15.2. The van der Waals surface area contributed by atoms with Crippen LogP contribution >= 0.6 is 11.3 Å². The number of para-hydroxylation sites is 1. The number of fused-ring (bicyclic) bond motifs is 1. The van der Waals surface area contributed by atoms with Crippen LogP contribution in [-0.4, -0.2) is 31.2 Å². The van der Waals surface area contributed by atoms with Crippen LogP contribution in [-0.2, 0) is 6.42 Å². The molecule has 0 bridgehead atoms. The maximum atomic E-state index is 13.1. The Bertz CT molecular complexity index is 835. The van der Waals surface area contributed by atoms with Gasteiger partial charge in [-0.2, -0.15) is 0 Å². The number of nitrogens with zero attached hydrogens (tertiary/aromatic N) is 3. The molecule has 0 saturated carbocycles. The number of benzene rings is 2. The van der Waals surface area contributed by atoms with E-state index in [1.165, 1.54) is 22.4 Å². The summed E-state index contributed by atoms with van der Waals surface area (Å²) in [5, 5.41) is 1.12. The average Bonchev–Trinajstić information content (AvgIpc) is 3.07. The fourth-order valence-corrected chi connectivity index (χ4v) is 4.29. The lowest BCUT2D eigenvalue weighted by Crippen LogP contribution is -2.46. The molecule has 0 radical (unpaired) electrons. The zero-order valence-electron chi connectivity index (χ0n) is 13.7. The molecule has 0 atom stereocenters. The molecule has 1 fully saturated rings. The first-order valence-corrected chi connectivity index (χ1v) is 9.20. The Hall–Kier alpha value is -2.14. The van der Waals surface area contributed by atoms with Crippen molar-refractivity contribution in [3.8, 4) is 0 Å². The Morgan fingerprint density at radius 2 is 1.71 bits per heavy atom. The smallest absolute Gasteiger partial charge is 0.186 e. The molecule has 0 N–H and O–H groups in total. The second kappa shape index (κ2) is 6.40. The van der Waals surface area contributed by atoms with Crippen LogP contribution in [0.5, 0.6) is 0 Å². The van der Waals surface area contributed by atoms with E-state index in [2.05, 4.69) is 34.9 Å². The van der Waals surface area contributed by atoms with Crippen molar-refractivity contribution >= 4 is 32.4 Å². The summed E-state index contributed by atoms with van der Waals surface area (Å²) in [6, 6.07) is 13.2. The van der Waals surface area contributed by atoms with Crippen molar-refractivity contribution in [2.75, 3.05) is 36.0 Å². The van der Waals surface area contributed by atoms with Crippen molar-refractivity contribution in [3.63, 3.8) is 0 Å². The highest BCUT2D eigenvalue weighted by Crippen LogP contribution is 2.31. The van der Waals surface area contributed by atoms with Crippen molar-refractivity contribution < 1.29 is 4.39 Å². The molecule has 0 unspecified atom stereocenters. The molecule has 0 amide bonds. The highest BCUT2D eigenvalue weighted by Gasteiger charge is 2.20. The number of thiazole rings is 1. The maximum Gasteiger partial charge on any atom is 0.186 e. The van der Waals surface area contributed by atoms with Crippen LogP contribution in [0.4, 0.5) is 15.2 Å². The van der Waals surface area contributed by atoms with E-state index in [9.17, 15) is 4.39 Å². The first-order valence-electron chi connectivity index (χ1n) is 8.38. The van der Waals surface area contributed by atoms with E-state index in [1.54, 1.807) is 11.3 Å². The molecule has 0 aliphatic carbocycles. The quantitative estimate of drug-likeness (QED) is 0.707. The number of aryl methyl sites for hydroxylation is 1. The molecule has 1 aliphatic heterocycles. The van der Waals surface area contributed by atoms with Gasteiger partial charge in [0.05, 0.1) is 10.2 Å². The Kier molecular flexibility index (Phi) is 4.10. The van der Waals surface area contributed by atoms with Crippen molar-refractivity contribution in [1.29, 1.82) is 0 Å². The van der Waals surface area contributed by atoms with Crippen LogP contribution in [0.2, 0.25) is 0 Å². The Labute approximate surface area is 145 Å². The van der Waals surface area contributed by atoms with E-state index in [-0.39, 0.29) is 5.82 Å². The Balaban J connectivity index is 1.50. The van der Waals surface area contributed by atoms with Gasteiger partial charge in [-0.15, -0.1) is 0 Å². The number of anilines is 2. The number of rotatable bonds is 3. The molecule has 24 heavy (non-hydrogen) atoms. The van der Waals surface area contributed by atoms with E-state index in [4.69, 9.17) is 4.98 Å². The van der Waals surface area contributed by atoms with Gasteiger partial charge in [0.25, 0.3) is 0 Å². The van der Waals surface area contributed by atoms with E-state index in [1.807, 2.05) is 12.1 Å². The average molecular weight is 341 g/mol. The minimum absolute atomic E-state index is 0.182. The van der Waals surface area contributed by atoms with Gasteiger partial charge < -0.3 is 9.80 Å². The van der Waals surface area contributed by atoms with Gasteiger partial charge >= 0.3 is 0 Å². The molecule has 3 nitrogen and oxygen atoms in total. The lowest BCUT2D eigenvalue weighted by atomic mass is 10.1. The SMILES string of the molecule is CCc1cccc2sc(N3CCN(c4ccc(F)cc4)CC3)nc12. The predicted molar refractivity (Wildman–Crippen MR) is 99.8 cm³/mol. The van der Waals surface area contributed by atoms with Gasteiger partial charge in [0.15, 0.2) is 5.13 Å². The third-order valence-corrected chi connectivity index (χ3v) is 5.70. The first-order chi connectivity index (χ1) is 11.7. The summed E-state index contributed by atoms with van der Waals surface area (Å²) in [6.45, 7) is 5.93. The van der Waals surface area contributed by atoms with Crippen molar-refractivity contribution in [3.05, 3.63) is 53.8 Å². The standard InChI is InChI=1S/C19H20FN3S/c1-2-14-4-3-5-17-18(14)21-19(24-17)23-12-10-22(11-13-23)16-8-6-15(20)7-9-16/h3-9H,2,10-13H2,1H3. The highest BCUT2D eigenvalue weighted by atomic mass is 32.1. The molecule has 1 aromatic heterocycles. The lowest BCUT2D eigenvalue weighted by molar-refractivity contribution is 0.624. The molecule has 2 heterocycles. The van der Waals surface area contributed by atoms with Crippen molar-refractivity contribution in [1.82, 2.24) is 4.98 Å². The summed E-state index contributed by atoms with van der Waals surface area (Å²) in [5.74, 6) is -0.182. The van der Waals surface area contributed by atoms with Gasteiger partial charge in [-0.25, -0.2) is 9.37 Å². The van der Waals surface area contributed by atoms with E-state index >= 15 is 0 Å². The highest BCUT2D eigenvalue weighted by molar-refractivity contribution is 7.22. The summed E-state index contributed by atoms with van der Waals surface area (Å²) in [4.78, 5) is 9.56. The number of hydrogen-bond donors (Lipinski definition) is 0. The minimum Gasteiger partial charge on any atom is -0.368 e. The second-order valence-corrected chi connectivity index (χ2v) is 7.07. The summed E-state index contributed by atoms with van der Waals surface area (Å²) >= 11 is 1.78.